The highest BCUT2D eigenvalue weighted by Crippen LogP contribution is 2.45. The molecule has 1 saturated heterocycles. The first-order valence-corrected chi connectivity index (χ1v) is 6.68. The molecule has 2 fully saturated rings. The van der Waals surface area contributed by atoms with Gasteiger partial charge < -0.3 is 10.2 Å². The molecular formula is C13H26N2. The molecule has 0 radical (unpaired) electrons. The Morgan fingerprint density at radius 1 is 1.33 bits per heavy atom. The molecule has 2 nitrogen and oxygen atoms in total. The molecule has 2 heteroatoms. The van der Waals surface area contributed by atoms with Gasteiger partial charge in [0.1, 0.15) is 0 Å². The molecule has 1 unspecified atom stereocenters. The Morgan fingerprint density at radius 3 is 2.80 bits per heavy atom. The molecular weight excluding hydrogens is 184 g/mol. The minimum atomic E-state index is 0.689. The van der Waals surface area contributed by atoms with Crippen molar-refractivity contribution >= 4 is 0 Å². The molecule has 88 valence electrons. The van der Waals surface area contributed by atoms with Gasteiger partial charge in [-0.1, -0.05) is 13.8 Å². The van der Waals surface area contributed by atoms with Gasteiger partial charge in [-0.15, -0.1) is 0 Å². The second-order valence-electron chi connectivity index (χ2n) is 5.79. The molecule has 1 aliphatic heterocycles. The SMILES string of the molecule is CCC1CCN(CC2(C)CC2)CCCN1. The summed E-state index contributed by atoms with van der Waals surface area (Å²) < 4.78 is 0. The lowest BCUT2D eigenvalue weighted by atomic mass is 10.1. The Kier molecular flexibility index (Phi) is 3.68. The number of hydrogen-bond acceptors (Lipinski definition) is 2. The Labute approximate surface area is 94.4 Å². The van der Waals surface area contributed by atoms with Gasteiger partial charge >= 0.3 is 0 Å². The Bertz CT molecular complexity index is 199. The summed E-state index contributed by atoms with van der Waals surface area (Å²) in [6.07, 6.45) is 6.86. The lowest BCUT2D eigenvalue weighted by Gasteiger charge is -2.30. The second kappa shape index (κ2) is 4.84. The fourth-order valence-electron chi connectivity index (χ4n) is 2.58. The average Bonchev–Trinajstić information content (AvgIpc) is 2.90. The molecule has 2 rings (SSSR count). The zero-order valence-electron chi connectivity index (χ0n) is 10.4. The molecule has 1 heterocycles. The van der Waals surface area contributed by atoms with Gasteiger partial charge in [0.05, 0.1) is 0 Å². The minimum absolute atomic E-state index is 0.689. The Hall–Kier alpha value is -0.0800. The van der Waals surface area contributed by atoms with Crippen LogP contribution in [0.3, 0.4) is 0 Å². The number of nitrogens with one attached hydrogen (secondary N) is 1. The molecule has 1 N–H and O–H groups in total. The van der Waals surface area contributed by atoms with E-state index in [4.69, 9.17) is 0 Å². The first-order chi connectivity index (χ1) is 7.22. The predicted molar refractivity (Wildman–Crippen MR) is 65.1 cm³/mol. The Morgan fingerprint density at radius 2 is 2.13 bits per heavy atom. The summed E-state index contributed by atoms with van der Waals surface area (Å²) >= 11 is 0. The maximum absolute atomic E-state index is 3.64. The third-order valence-corrected chi connectivity index (χ3v) is 4.08. The van der Waals surface area contributed by atoms with Gasteiger partial charge in [-0.3, -0.25) is 0 Å². The van der Waals surface area contributed by atoms with E-state index >= 15 is 0 Å². The van der Waals surface area contributed by atoms with Crippen molar-refractivity contribution in [2.45, 2.75) is 52.0 Å². The first-order valence-electron chi connectivity index (χ1n) is 6.68. The van der Waals surface area contributed by atoms with Crippen molar-refractivity contribution in [1.82, 2.24) is 10.2 Å². The van der Waals surface area contributed by atoms with Gasteiger partial charge in [-0.05, 0) is 57.2 Å². The van der Waals surface area contributed by atoms with Crippen LogP contribution in [0.5, 0.6) is 0 Å². The van der Waals surface area contributed by atoms with Crippen LogP contribution in [0.4, 0.5) is 0 Å². The lowest BCUT2D eigenvalue weighted by Crippen LogP contribution is -2.41. The molecule has 1 atom stereocenters. The van der Waals surface area contributed by atoms with Crippen LogP contribution in [0.2, 0.25) is 0 Å². The van der Waals surface area contributed by atoms with Crippen LogP contribution in [0.25, 0.3) is 0 Å². The summed E-state index contributed by atoms with van der Waals surface area (Å²) in [7, 11) is 0. The summed E-state index contributed by atoms with van der Waals surface area (Å²) in [5.74, 6) is 0. The summed E-state index contributed by atoms with van der Waals surface area (Å²) in [6, 6.07) is 0.764. The predicted octanol–water partition coefficient (Wildman–Crippen LogP) is 2.25. The molecule has 0 aromatic rings. The number of nitrogens with zero attached hydrogens (tertiary/aromatic N) is 1. The van der Waals surface area contributed by atoms with E-state index in [1.807, 2.05) is 0 Å². The second-order valence-corrected chi connectivity index (χ2v) is 5.79. The van der Waals surface area contributed by atoms with Crippen LogP contribution in [-0.2, 0) is 0 Å². The fraction of sp³-hybridized carbons (Fsp3) is 1.00. The molecule has 0 bridgehead atoms. The molecule has 1 aliphatic carbocycles. The number of hydrogen-bond donors (Lipinski definition) is 1. The van der Waals surface area contributed by atoms with Gasteiger partial charge in [0, 0.05) is 12.6 Å². The molecule has 0 amide bonds. The average molecular weight is 210 g/mol. The lowest BCUT2D eigenvalue weighted by molar-refractivity contribution is 0.198. The largest absolute Gasteiger partial charge is 0.314 e. The first kappa shape index (κ1) is 11.4. The topological polar surface area (TPSA) is 15.3 Å². The van der Waals surface area contributed by atoms with E-state index in [2.05, 4.69) is 24.1 Å². The molecule has 2 aliphatic rings. The van der Waals surface area contributed by atoms with Crippen molar-refractivity contribution < 1.29 is 0 Å². The van der Waals surface area contributed by atoms with Crippen LogP contribution < -0.4 is 5.32 Å². The summed E-state index contributed by atoms with van der Waals surface area (Å²) in [5.41, 5.74) is 0.689. The maximum Gasteiger partial charge on any atom is 0.00766 e. The van der Waals surface area contributed by atoms with Gasteiger partial charge in [0.15, 0.2) is 0 Å². The molecule has 0 spiro atoms. The van der Waals surface area contributed by atoms with E-state index in [9.17, 15) is 0 Å². The van der Waals surface area contributed by atoms with Crippen LogP contribution in [0.15, 0.2) is 0 Å². The van der Waals surface area contributed by atoms with Crippen molar-refractivity contribution in [3.8, 4) is 0 Å². The van der Waals surface area contributed by atoms with Gasteiger partial charge in [-0.2, -0.15) is 0 Å². The molecule has 0 aromatic carbocycles. The van der Waals surface area contributed by atoms with Crippen molar-refractivity contribution in [3.63, 3.8) is 0 Å². The van der Waals surface area contributed by atoms with Gasteiger partial charge in [-0.25, -0.2) is 0 Å². The fourth-order valence-corrected chi connectivity index (χ4v) is 2.58. The zero-order valence-corrected chi connectivity index (χ0v) is 10.4. The molecule has 1 saturated carbocycles. The minimum Gasteiger partial charge on any atom is -0.314 e. The van der Waals surface area contributed by atoms with Crippen molar-refractivity contribution in [2.75, 3.05) is 26.2 Å². The van der Waals surface area contributed by atoms with Crippen LogP contribution in [0, 0.1) is 5.41 Å². The Balaban J connectivity index is 1.78. The third-order valence-electron chi connectivity index (χ3n) is 4.08. The zero-order chi connectivity index (χ0) is 10.7. The molecule has 0 aromatic heterocycles. The normalized spacial score (nSPS) is 32.0. The van der Waals surface area contributed by atoms with E-state index in [0.717, 1.165) is 6.04 Å². The maximum atomic E-state index is 3.64. The van der Waals surface area contributed by atoms with Gasteiger partial charge in [0.2, 0.25) is 0 Å². The number of rotatable bonds is 3. The third kappa shape index (κ3) is 3.46. The van der Waals surface area contributed by atoms with Crippen molar-refractivity contribution in [1.29, 1.82) is 0 Å². The van der Waals surface area contributed by atoms with E-state index < -0.39 is 0 Å². The van der Waals surface area contributed by atoms with E-state index in [0.29, 0.717) is 5.41 Å². The molecule has 15 heavy (non-hydrogen) atoms. The van der Waals surface area contributed by atoms with Crippen LogP contribution in [-0.4, -0.2) is 37.1 Å². The smallest absolute Gasteiger partial charge is 0.00766 e. The summed E-state index contributed by atoms with van der Waals surface area (Å²) in [6.45, 7) is 9.92. The van der Waals surface area contributed by atoms with Gasteiger partial charge in [0.25, 0.3) is 0 Å². The van der Waals surface area contributed by atoms with Crippen LogP contribution >= 0.6 is 0 Å². The van der Waals surface area contributed by atoms with E-state index in [1.54, 1.807) is 0 Å². The van der Waals surface area contributed by atoms with Crippen molar-refractivity contribution in [3.05, 3.63) is 0 Å². The highest BCUT2D eigenvalue weighted by Gasteiger charge is 2.38. The van der Waals surface area contributed by atoms with Crippen molar-refractivity contribution in [2.24, 2.45) is 5.41 Å². The highest BCUT2D eigenvalue weighted by molar-refractivity contribution is 4.91. The van der Waals surface area contributed by atoms with E-state index in [1.165, 1.54) is 58.3 Å². The van der Waals surface area contributed by atoms with Crippen LogP contribution in [0.1, 0.15) is 46.0 Å². The summed E-state index contributed by atoms with van der Waals surface area (Å²) in [5, 5.41) is 3.64. The standard InChI is InChI=1S/C13H26N2/c1-3-12-5-10-15(9-4-8-14-12)11-13(2)6-7-13/h12,14H,3-11H2,1-2H3. The highest BCUT2D eigenvalue weighted by atomic mass is 15.1. The monoisotopic (exact) mass is 210 g/mol. The quantitative estimate of drug-likeness (QED) is 0.768. The van der Waals surface area contributed by atoms with E-state index in [-0.39, 0.29) is 0 Å². The summed E-state index contributed by atoms with van der Waals surface area (Å²) in [4.78, 5) is 2.70.